The first kappa shape index (κ1) is 74.2. The fourth-order valence-corrected chi connectivity index (χ4v) is 11.3. The van der Waals surface area contributed by atoms with Crippen LogP contribution in [0.1, 0.15) is 276 Å². The van der Waals surface area contributed by atoms with Crippen molar-refractivity contribution in [1.82, 2.24) is 0 Å². The second-order valence-corrected chi connectivity index (χ2v) is 26.1. The van der Waals surface area contributed by atoms with Gasteiger partial charge in [0.25, 0.3) is 0 Å². The van der Waals surface area contributed by atoms with Crippen LogP contribution in [0, 0.1) is 35.5 Å². The highest BCUT2D eigenvalue weighted by atomic mass is 16.5. The van der Waals surface area contributed by atoms with Crippen molar-refractivity contribution in [2.75, 3.05) is 28.4 Å². The van der Waals surface area contributed by atoms with Crippen LogP contribution in [-0.2, 0) is 33.2 Å². The second kappa shape index (κ2) is 42.9. The highest BCUT2D eigenvalue weighted by Crippen LogP contribution is 2.45. The average molecular weight is 1100 g/mol. The van der Waals surface area contributed by atoms with E-state index in [1.807, 2.05) is 28.4 Å². The molecule has 0 spiro atoms. The van der Waals surface area contributed by atoms with E-state index in [1.165, 1.54) is 164 Å². The predicted octanol–water partition coefficient (Wildman–Crippen LogP) is 20.7. The molecule has 6 atom stereocenters. The number of ether oxygens (including phenoxy) is 7. The zero-order valence-electron chi connectivity index (χ0n) is 55.2. The number of hydrogen-bond donors (Lipinski definition) is 0. The Morgan fingerprint density at radius 3 is 0.859 bits per heavy atom. The minimum absolute atomic E-state index is 0.00366. The van der Waals surface area contributed by atoms with E-state index in [0.29, 0.717) is 54.6 Å². The van der Waals surface area contributed by atoms with E-state index < -0.39 is 0 Å². The van der Waals surface area contributed by atoms with Crippen molar-refractivity contribution in [3.05, 3.63) is 59.7 Å². The molecular weight excluding hydrogens is 965 g/mol. The highest BCUT2D eigenvalue weighted by Gasteiger charge is 2.29. The Bertz CT molecular complexity index is 1630. The summed E-state index contributed by atoms with van der Waals surface area (Å²) < 4.78 is 38.5. The van der Waals surface area contributed by atoms with E-state index in [-0.39, 0.29) is 17.8 Å². The zero-order valence-corrected chi connectivity index (χ0v) is 55.2. The minimum Gasteiger partial charge on any atom is -0.381 e. The van der Waals surface area contributed by atoms with Crippen LogP contribution in [0.15, 0.2) is 48.5 Å². The van der Waals surface area contributed by atoms with Gasteiger partial charge in [-0.25, -0.2) is 0 Å². The molecule has 5 aliphatic rings. The monoisotopic (exact) mass is 1090 g/mol. The van der Waals surface area contributed by atoms with Gasteiger partial charge in [-0.15, -0.1) is 0 Å². The average Bonchev–Trinajstić information content (AvgIpc) is 3.96. The van der Waals surface area contributed by atoms with Crippen molar-refractivity contribution >= 4 is 0 Å². The van der Waals surface area contributed by atoms with Gasteiger partial charge in [0.1, 0.15) is 6.10 Å². The van der Waals surface area contributed by atoms with Gasteiger partial charge < -0.3 is 33.2 Å². The van der Waals surface area contributed by atoms with Gasteiger partial charge in [-0.2, -0.15) is 0 Å². The molecule has 2 aromatic rings. The topological polar surface area (TPSA) is 64.6 Å². The first-order chi connectivity index (χ1) is 37.0. The van der Waals surface area contributed by atoms with E-state index in [4.69, 9.17) is 33.2 Å². The van der Waals surface area contributed by atoms with Gasteiger partial charge in [-0.3, -0.25) is 0 Å². The number of rotatable bonds is 15. The maximum Gasteiger partial charge on any atom is 0.109 e. The number of fused-ring (bicyclic) bond motifs is 3. The lowest BCUT2D eigenvalue weighted by Crippen LogP contribution is -2.28. The molecule has 0 radical (unpaired) electrons. The number of benzene rings is 2. The molecule has 0 heterocycles. The summed E-state index contributed by atoms with van der Waals surface area (Å²) in [7, 11) is 7.29. The molecule has 5 aliphatic carbocycles. The van der Waals surface area contributed by atoms with Crippen LogP contribution in [0.4, 0.5) is 0 Å². The molecule has 7 nitrogen and oxygen atoms in total. The van der Waals surface area contributed by atoms with Crippen LogP contribution in [0.25, 0.3) is 11.1 Å². The predicted molar refractivity (Wildman–Crippen MR) is 337 cm³/mol. The Morgan fingerprint density at radius 2 is 0.628 bits per heavy atom. The van der Waals surface area contributed by atoms with E-state index >= 15 is 0 Å². The third kappa shape index (κ3) is 32.1. The lowest BCUT2D eigenvalue weighted by atomic mass is 9.86. The van der Waals surface area contributed by atoms with E-state index in [0.717, 1.165) is 23.7 Å². The third-order valence-electron chi connectivity index (χ3n) is 17.3. The summed E-state index contributed by atoms with van der Waals surface area (Å²) in [5.41, 5.74) is 5.22. The van der Waals surface area contributed by atoms with Crippen LogP contribution < -0.4 is 0 Å². The maximum absolute atomic E-state index is 6.06. The van der Waals surface area contributed by atoms with Crippen molar-refractivity contribution < 1.29 is 33.2 Å². The first-order valence-electron chi connectivity index (χ1n) is 32.3. The van der Waals surface area contributed by atoms with Crippen LogP contribution >= 0.6 is 0 Å². The lowest BCUT2D eigenvalue weighted by Gasteiger charge is -2.27. The summed E-state index contributed by atoms with van der Waals surface area (Å²) in [6.07, 6.45) is 34.4. The Labute approximate surface area is 485 Å². The zero-order chi connectivity index (χ0) is 58.6. The van der Waals surface area contributed by atoms with E-state index in [2.05, 4.69) is 166 Å². The second-order valence-electron chi connectivity index (χ2n) is 26.1. The molecule has 0 saturated heterocycles. The van der Waals surface area contributed by atoms with E-state index in [9.17, 15) is 0 Å². The molecule has 4 saturated carbocycles. The third-order valence-corrected chi connectivity index (χ3v) is 17.3. The molecule has 0 bridgehead atoms. The molecule has 0 aromatic heterocycles. The Morgan fingerprint density at radius 1 is 0.359 bits per heavy atom. The fraction of sp³-hybridized carbons (Fsp3) is 0.831. The standard InChI is InChI=1S/C16H16O.C11H22O.C10H20O.C9H18O.C9H20O.C8H16O.C8H18O/c1-11(2)17-16-14-9-5-3-7-12(14)13-8-4-6-10-15(13)16;1-10(12-2)11-8-6-4-3-5-7-9-11;1-9(11-2)10-7-5-3-4-6-8-10;1-8(10-2)9-6-4-3-5-7-9;1-7(2)8(3)10-9(4,5)6;1-7(9-2)8-5-3-4-6-8;1-6(2)8(5)9-7(3)4/h3-11,16H,1-2H3;10-11H,3-9H2,1-2H3;9-10H,3-8H2,1-2H3;8-9H,3-7H2,1-2H3;7-8H,1-6H3;7-8H,3-6H2,1-2H3;6-8H,1-5H3. The molecule has 456 valence electrons. The van der Waals surface area contributed by atoms with Crippen molar-refractivity contribution in [2.24, 2.45) is 35.5 Å². The largest absolute Gasteiger partial charge is 0.381 e. The minimum atomic E-state index is 0.00366. The summed E-state index contributed by atoms with van der Waals surface area (Å²) in [5, 5.41) is 0. The normalized spacial score (nSPS) is 20.0. The van der Waals surface area contributed by atoms with Gasteiger partial charge in [0, 0.05) is 28.4 Å². The Balaban J connectivity index is 0.000000461. The van der Waals surface area contributed by atoms with E-state index in [1.54, 1.807) is 0 Å². The van der Waals surface area contributed by atoms with Crippen LogP contribution in [0.3, 0.4) is 0 Å². The summed E-state index contributed by atoms with van der Waals surface area (Å²) in [4.78, 5) is 0. The molecule has 0 N–H and O–H groups in total. The number of methoxy groups -OCH3 is 4. The first-order valence-corrected chi connectivity index (χ1v) is 32.3. The van der Waals surface area contributed by atoms with Crippen LogP contribution in [0.5, 0.6) is 0 Å². The number of hydrogen-bond acceptors (Lipinski definition) is 7. The van der Waals surface area contributed by atoms with Gasteiger partial charge in [0.2, 0.25) is 0 Å². The molecule has 0 aliphatic heterocycles. The smallest absolute Gasteiger partial charge is 0.109 e. The SMILES string of the molecule is CC(C)C(C)OC(C)(C)C.CC(C)OC(C)C(C)C.CC(C)OC1c2ccccc2-c2ccccc21.COC(C)C1CCCC1.COC(C)C1CCCCC1.COC(C)C1CCCCCC1.COC(C)C1CCCCCCC1. The van der Waals surface area contributed by atoms with Crippen molar-refractivity contribution in [1.29, 1.82) is 0 Å². The van der Waals surface area contributed by atoms with Gasteiger partial charge in [-0.05, 0) is 199 Å². The highest BCUT2D eigenvalue weighted by molar-refractivity contribution is 5.78. The van der Waals surface area contributed by atoms with Gasteiger partial charge in [0.15, 0.2) is 0 Å². The lowest BCUT2D eigenvalue weighted by molar-refractivity contribution is -0.0698. The van der Waals surface area contributed by atoms with Gasteiger partial charge in [-0.1, -0.05) is 166 Å². The molecule has 2 aromatic carbocycles. The summed E-state index contributed by atoms with van der Waals surface area (Å²) in [6, 6.07) is 17.0. The molecule has 0 amide bonds. The van der Waals surface area contributed by atoms with Crippen molar-refractivity contribution in [3.63, 3.8) is 0 Å². The molecule has 6 unspecified atom stereocenters. The Hall–Kier alpha value is -1.84. The van der Waals surface area contributed by atoms with Crippen LogP contribution in [0.2, 0.25) is 0 Å². The maximum atomic E-state index is 6.06. The summed E-state index contributed by atoms with van der Waals surface area (Å²) in [6.45, 7) is 36.3. The fourth-order valence-electron chi connectivity index (χ4n) is 11.3. The van der Waals surface area contributed by atoms with Gasteiger partial charge >= 0.3 is 0 Å². The molecule has 7 heteroatoms. The molecule has 78 heavy (non-hydrogen) atoms. The Kier molecular flexibility index (Phi) is 40.8. The quantitative estimate of drug-likeness (QED) is 0.165. The van der Waals surface area contributed by atoms with Crippen LogP contribution in [-0.4, -0.2) is 82.9 Å². The summed E-state index contributed by atoms with van der Waals surface area (Å²) in [5.74, 6) is 4.61. The van der Waals surface area contributed by atoms with Crippen molar-refractivity contribution in [3.8, 4) is 11.1 Å². The van der Waals surface area contributed by atoms with Crippen molar-refractivity contribution in [2.45, 2.75) is 319 Å². The molecule has 4 fully saturated rings. The summed E-state index contributed by atoms with van der Waals surface area (Å²) >= 11 is 0. The van der Waals surface area contributed by atoms with Gasteiger partial charge in [0.05, 0.1) is 54.4 Å². The molecule has 7 rings (SSSR count). The molecular formula is C71H130O7.